The van der Waals surface area contributed by atoms with Crippen molar-refractivity contribution in [1.29, 1.82) is 5.41 Å². The van der Waals surface area contributed by atoms with Crippen molar-refractivity contribution in [3.05, 3.63) is 58.4 Å². The average molecular weight is 290 g/mol. The normalized spacial score (nSPS) is 13.4. The van der Waals surface area contributed by atoms with Gasteiger partial charge in [0, 0.05) is 22.8 Å². The Morgan fingerprint density at radius 3 is 2.75 bits per heavy atom. The highest BCUT2D eigenvalue weighted by Crippen LogP contribution is 2.37. The van der Waals surface area contributed by atoms with Crippen LogP contribution < -0.4 is 10.6 Å². The van der Waals surface area contributed by atoms with Gasteiger partial charge in [-0.1, -0.05) is 17.7 Å². The predicted molar refractivity (Wildman–Crippen MR) is 79.6 cm³/mol. The molecule has 1 aliphatic heterocycles. The molecular formula is C15H13ClFN3. The molecule has 0 aliphatic carbocycles. The molecule has 3 rings (SSSR count). The standard InChI is InChI=1S/C15H13ClFN3/c16-10-2-4-13(12(7-10)15(18)19)20-6-5-9-1-3-11(17)8-14(9)20/h1-4,7-8H,5-6H2,(H3,18,19). The van der Waals surface area contributed by atoms with E-state index in [2.05, 4.69) is 0 Å². The van der Waals surface area contributed by atoms with Gasteiger partial charge in [0.2, 0.25) is 0 Å². The predicted octanol–water partition coefficient (Wildman–Crippen LogP) is 3.46. The molecule has 20 heavy (non-hydrogen) atoms. The molecule has 3 N–H and O–H groups in total. The Labute approximate surface area is 121 Å². The summed E-state index contributed by atoms with van der Waals surface area (Å²) in [6.07, 6.45) is 0.843. The summed E-state index contributed by atoms with van der Waals surface area (Å²) >= 11 is 5.96. The number of nitrogen functional groups attached to an aromatic ring is 1. The summed E-state index contributed by atoms with van der Waals surface area (Å²) in [4.78, 5) is 1.98. The maximum absolute atomic E-state index is 13.5. The van der Waals surface area contributed by atoms with Gasteiger partial charge >= 0.3 is 0 Å². The number of hydrogen-bond donors (Lipinski definition) is 2. The Morgan fingerprint density at radius 1 is 1.20 bits per heavy atom. The molecule has 0 spiro atoms. The summed E-state index contributed by atoms with van der Waals surface area (Å²) < 4.78 is 13.5. The smallest absolute Gasteiger partial charge is 0.125 e. The lowest BCUT2D eigenvalue weighted by Gasteiger charge is -2.22. The van der Waals surface area contributed by atoms with E-state index in [-0.39, 0.29) is 11.7 Å². The second-order valence-electron chi connectivity index (χ2n) is 4.75. The van der Waals surface area contributed by atoms with Gasteiger partial charge in [0.1, 0.15) is 11.7 Å². The molecule has 2 aromatic carbocycles. The third kappa shape index (κ3) is 2.12. The van der Waals surface area contributed by atoms with Crippen LogP contribution in [0.2, 0.25) is 5.02 Å². The minimum atomic E-state index is -0.269. The van der Waals surface area contributed by atoms with E-state index in [9.17, 15) is 4.39 Å². The molecule has 0 unspecified atom stereocenters. The van der Waals surface area contributed by atoms with E-state index in [0.29, 0.717) is 10.6 Å². The van der Waals surface area contributed by atoms with Crippen LogP contribution >= 0.6 is 11.6 Å². The molecule has 0 aromatic heterocycles. The molecule has 0 saturated carbocycles. The average Bonchev–Trinajstić information content (AvgIpc) is 2.81. The first-order valence-electron chi connectivity index (χ1n) is 6.26. The van der Waals surface area contributed by atoms with Crippen molar-refractivity contribution < 1.29 is 4.39 Å². The molecule has 1 heterocycles. The topological polar surface area (TPSA) is 53.1 Å². The van der Waals surface area contributed by atoms with Gasteiger partial charge in [0.25, 0.3) is 0 Å². The maximum atomic E-state index is 13.5. The lowest BCUT2D eigenvalue weighted by atomic mass is 10.1. The Balaban J connectivity index is 2.13. The number of amidine groups is 1. The van der Waals surface area contributed by atoms with Gasteiger partial charge in [0.05, 0.1) is 5.69 Å². The molecule has 1 aliphatic rings. The zero-order valence-corrected chi connectivity index (χ0v) is 11.4. The number of nitrogens with two attached hydrogens (primary N) is 1. The van der Waals surface area contributed by atoms with Gasteiger partial charge in [-0.2, -0.15) is 0 Å². The van der Waals surface area contributed by atoms with Crippen molar-refractivity contribution >= 4 is 28.8 Å². The van der Waals surface area contributed by atoms with Crippen molar-refractivity contribution in [1.82, 2.24) is 0 Å². The number of halogens is 2. The third-order valence-electron chi connectivity index (χ3n) is 3.48. The maximum Gasteiger partial charge on any atom is 0.125 e. The fourth-order valence-corrected chi connectivity index (χ4v) is 2.73. The third-order valence-corrected chi connectivity index (χ3v) is 3.72. The van der Waals surface area contributed by atoms with E-state index < -0.39 is 0 Å². The summed E-state index contributed by atoms with van der Waals surface area (Å²) in [5.74, 6) is -0.318. The highest BCUT2D eigenvalue weighted by Gasteiger charge is 2.23. The molecule has 0 saturated heterocycles. The molecule has 2 aromatic rings. The molecule has 3 nitrogen and oxygen atoms in total. The van der Waals surface area contributed by atoms with Crippen molar-refractivity contribution in [3.63, 3.8) is 0 Å². The van der Waals surface area contributed by atoms with Crippen LogP contribution in [0.25, 0.3) is 0 Å². The van der Waals surface area contributed by atoms with E-state index in [0.717, 1.165) is 29.9 Å². The largest absolute Gasteiger partial charge is 0.384 e. The minimum absolute atomic E-state index is 0.0487. The zero-order chi connectivity index (χ0) is 14.3. The Kier molecular flexibility index (Phi) is 3.10. The van der Waals surface area contributed by atoms with Crippen LogP contribution in [0.1, 0.15) is 11.1 Å². The molecular weight excluding hydrogens is 277 g/mol. The molecule has 0 amide bonds. The summed E-state index contributed by atoms with van der Waals surface area (Å²) in [7, 11) is 0. The van der Waals surface area contributed by atoms with Gasteiger partial charge in [-0.25, -0.2) is 4.39 Å². The monoisotopic (exact) mass is 289 g/mol. The van der Waals surface area contributed by atoms with E-state index in [1.54, 1.807) is 18.2 Å². The SMILES string of the molecule is N=C(N)c1cc(Cl)ccc1N1CCc2ccc(F)cc21. The van der Waals surface area contributed by atoms with E-state index in [1.807, 2.05) is 11.0 Å². The van der Waals surface area contributed by atoms with Crippen LogP contribution in [0.15, 0.2) is 36.4 Å². The molecule has 0 atom stereocenters. The van der Waals surface area contributed by atoms with Gasteiger partial charge in [0.15, 0.2) is 0 Å². The highest BCUT2D eigenvalue weighted by atomic mass is 35.5. The first-order chi connectivity index (χ1) is 9.56. The van der Waals surface area contributed by atoms with Crippen LogP contribution in [0.3, 0.4) is 0 Å². The van der Waals surface area contributed by atoms with Crippen LogP contribution in [-0.4, -0.2) is 12.4 Å². The second-order valence-corrected chi connectivity index (χ2v) is 5.19. The number of fused-ring (bicyclic) bond motifs is 1. The number of hydrogen-bond acceptors (Lipinski definition) is 2. The molecule has 5 heteroatoms. The number of benzene rings is 2. The number of nitrogens with zero attached hydrogens (tertiary/aromatic N) is 1. The fraction of sp³-hybridized carbons (Fsp3) is 0.133. The van der Waals surface area contributed by atoms with E-state index >= 15 is 0 Å². The Morgan fingerprint density at radius 2 is 2.00 bits per heavy atom. The first kappa shape index (κ1) is 12.9. The number of rotatable bonds is 2. The summed E-state index contributed by atoms with van der Waals surface area (Å²) in [6, 6.07) is 10.0. The first-order valence-corrected chi connectivity index (χ1v) is 6.64. The van der Waals surface area contributed by atoms with E-state index in [1.165, 1.54) is 12.1 Å². The van der Waals surface area contributed by atoms with Crippen LogP contribution in [-0.2, 0) is 6.42 Å². The number of anilines is 2. The lowest BCUT2D eigenvalue weighted by molar-refractivity contribution is 0.628. The van der Waals surface area contributed by atoms with Crippen molar-refractivity contribution in [2.45, 2.75) is 6.42 Å². The van der Waals surface area contributed by atoms with Crippen molar-refractivity contribution in [3.8, 4) is 0 Å². The Hall–Kier alpha value is -2.07. The van der Waals surface area contributed by atoms with Crippen LogP contribution in [0, 0.1) is 11.2 Å². The highest BCUT2D eigenvalue weighted by molar-refractivity contribution is 6.31. The summed E-state index contributed by atoms with van der Waals surface area (Å²) in [5.41, 5.74) is 8.89. The molecule has 102 valence electrons. The lowest BCUT2D eigenvalue weighted by Crippen LogP contribution is -2.20. The quantitative estimate of drug-likeness (QED) is 0.657. The molecule has 0 bridgehead atoms. The molecule has 0 fully saturated rings. The van der Waals surface area contributed by atoms with Crippen LogP contribution in [0.5, 0.6) is 0 Å². The second kappa shape index (κ2) is 4.80. The van der Waals surface area contributed by atoms with Gasteiger partial charge in [-0.05, 0) is 42.3 Å². The summed E-state index contributed by atoms with van der Waals surface area (Å²) in [6.45, 7) is 0.737. The fourth-order valence-electron chi connectivity index (χ4n) is 2.56. The van der Waals surface area contributed by atoms with Crippen LogP contribution in [0.4, 0.5) is 15.8 Å². The van der Waals surface area contributed by atoms with Crippen molar-refractivity contribution in [2.24, 2.45) is 5.73 Å². The number of nitrogens with one attached hydrogen (secondary N) is 1. The van der Waals surface area contributed by atoms with Gasteiger partial charge in [-0.3, -0.25) is 5.41 Å². The van der Waals surface area contributed by atoms with E-state index in [4.69, 9.17) is 22.7 Å². The van der Waals surface area contributed by atoms with Gasteiger partial charge < -0.3 is 10.6 Å². The minimum Gasteiger partial charge on any atom is -0.384 e. The zero-order valence-electron chi connectivity index (χ0n) is 10.7. The van der Waals surface area contributed by atoms with Crippen molar-refractivity contribution in [2.75, 3.05) is 11.4 Å². The summed E-state index contributed by atoms with van der Waals surface area (Å²) in [5, 5.41) is 8.21. The Bertz CT molecular complexity index is 700. The van der Waals surface area contributed by atoms with Gasteiger partial charge in [-0.15, -0.1) is 0 Å². The molecule has 0 radical (unpaired) electrons.